The fourth-order valence-electron chi connectivity index (χ4n) is 2.93. The van der Waals surface area contributed by atoms with Crippen LogP contribution in [0.25, 0.3) is 16.9 Å². The third-order valence-electron chi connectivity index (χ3n) is 4.67. The predicted octanol–water partition coefficient (Wildman–Crippen LogP) is 3.63. The number of rotatable bonds is 7. The fraction of sp³-hybridized carbons (Fsp3) is 0.261. The van der Waals surface area contributed by atoms with Crippen LogP contribution in [0, 0.1) is 12.7 Å². The molecular formula is C23H25FN4O2. The highest BCUT2D eigenvalue weighted by Gasteiger charge is 2.22. The van der Waals surface area contributed by atoms with Crippen molar-refractivity contribution in [3.63, 3.8) is 0 Å². The highest BCUT2D eigenvalue weighted by atomic mass is 19.1. The lowest BCUT2D eigenvalue weighted by molar-refractivity contribution is -0.122. The Hall–Kier alpha value is -3.48. The molecule has 0 unspecified atom stereocenters. The number of halogens is 1. The van der Waals surface area contributed by atoms with E-state index in [1.54, 1.807) is 25.3 Å². The van der Waals surface area contributed by atoms with Crippen LogP contribution in [0.1, 0.15) is 36.2 Å². The second kappa shape index (κ2) is 9.35. The summed E-state index contributed by atoms with van der Waals surface area (Å²) >= 11 is 0. The molecule has 156 valence electrons. The van der Waals surface area contributed by atoms with Crippen LogP contribution in [0.5, 0.6) is 0 Å². The molecule has 0 aliphatic rings. The Labute approximate surface area is 175 Å². The molecule has 3 rings (SSSR count). The number of aryl methyl sites for hydroxylation is 1. The van der Waals surface area contributed by atoms with Crippen molar-refractivity contribution >= 4 is 11.8 Å². The van der Waals surface area contributed by atoms with E-state index < -0.39 is 11.9 Å². The Kier molecular flexibility index (Phi) is 6.61. The van der Waals surface area contributed by atoms with E-state index in [4.69, 9.17) is 0 Å². The van der Waals surface area contributed by atoms with E-state index in [0.29, 0.717) is 23.5 Å². The first-order valence-corrected chi connectivity index (χ1v) is 9.90. The second-order valence-electron chi connectivity index (χ2n) is 7.16. The van der Waals surface area contributed by atoms with Gasteiger partial charge in [0.05, 0.1) is 11.3 Å². The standard InChI is InChI=1S/C23H25FN4O2/c1-4-13-25-22(29)16(3)26-23(30)20-14-28(19-11-9-18(24)10-12-19)27-21(20)17-7-5-15(2)6-8-17/h5-12,14,16H,4,13H2,1-3H3,(H,25,29)(H,26,30)/t16-/m0/s1. The lowest BCUT2D eigenvalue weighted by atomic mass is 10.1. The van der Waals surface area contributed by atoms with Crippen molar-refractivity contribution in [1.29, 1.82) is 0 Å². The van der Waals surface area contributed by atoms with Crippen molar-refractivity contribution < 1.29 is 14.0 Å². The van der Waals surface area contributed by atoms with Crippen LogP contribution in [-0.4, -0.2) is 34.2 Å². The summed E-state index contributed by atoms with van der Waals surface area (Å²) in [5, 5.41) is 10.1. The van der Waals surface area contributed by atoms with Gasteiger partial charge in [0.25, 0.3) is 5.91 Å². The summed E-state index contributed by atoms with van der Waals surface area (Å²) in [6.45, 7) is 6.13. The second-order valence-corrected chi connectivity index (χ2v) is 7.16. The smallest absolute Gasteiger partial charge is 0.255 e. The molecule has 30 heavy (non-hydrogen) atoms. The molecule has 7 heteroatoms. The zero-order chi connectivity index (χ0) is 21.7. The first-order chi connectivity index (χ1) is 14.4. The number of hydrogen-bond donors (Lipinski definition) is 2. The molecule has 3 aromatic rings. The zero-order valence-corrected chi connectivity index (χ0v) is 17.3. The summed E-state index contributed by atoms with van der Waals surface area (Å²) < 4.78 is 14.8. The molecule has 0 spiro atoms. The average molecular weight is 408 g/mol. The van der Waals surface area contributed by atoms with Crippen molar-refractivity contribution in [2.75, 3.05) is 6.54 Å². The molecule has 2 N–H and O–H groups in total. The predicted molar refractivity (Wildman–Crippen MR) is 114 cm³/mol. The molecule has 2 amide bonds. The van der Waals surface area contributed by atoms with Crippen LogP contribution in [0.15, 0.2) is 54.7 Å². The molecule has 0 saturated heterocycles. The molecule has 0 fully saturated rings. The summed E-state index contributed by atoms with van der Waals surface area (Å²) in [6.07, 6.45) is 2.41. The van der Waals surface area contributed by atoms with Crippen LogP contribution in [0.4, 0.5) is 4.39 Å². The minimum absolute atomic E-state index is 0.243. The van der Waals surface area contributed by atoms with E-state index in [2.05, 4.69) is 15.7 Å². The lowest BCUT2D eigenvalue weighted by Crippen LogP contribution is -2.45. The summed E-state index contributed by atoms with van der Waals surface area (Å²) in [7, 11) is 0. The van der Waals surface area contributed by atoms with Gasteiger partial charge in [0, 0.05) is 18.3 Å². The summed E-state index contributed by atoms with van der Waals surface area (Å²) in [6, 6.07) is 12.8. The maximum Gasteiger partial charge on any atom is 0.255 e. The fourth-order valence-corrected chi connectivity index (χ4v) is 2.93. The molecule has 0 aliphatic heterocycles. The van der Waals surface area contributed by atoms with Gasteiger partial charge in [-0.3, -0.25) is 9.59 Å². The van der Waals surface area contributed by atoms with Gasteiger partial charge < -0.3 is 10.6 Å². The molecule has 0 bridgehead atoms. The molecule has 2 aromatic carbocycles. The third kappa shape index (κ3) is 4.92. The topological polar surface area (TPSA) is 76.0 Å². The summed E-state index contributed by atoms with van der Waals surface area (Å²) in [4.78, 5) is 25.1. The molecule has 0 aliphatic carbocycles. The van der Waals surface area contributed by atoms with Gasteiger partial charge >= 0.3 is 0 Å². The van der Waals surface area contributed by atoms with Gasteiger partial charge in [-0.15, -0.1) is 0 Å². The minimum Gasteiger partial charge on any atom is -0.354 e. The molecule has 0 saturated carbocycles. The third-order valence-corrected chi connectivity index (χ3v) is 4.67. The van der Waals surface area contributed by atoms with Crippen LogP contribution in [0.3, 0.4) is 0 Å². The largest absolute Gasteiger partial charge is 0.354 e. The van der Waals surface area contributed by atoms with Gasteiger partial charge in [-0.2, -0.15) is 5.10 Å². The van der Waals surface area contributed by atoms with Crippen molar-refractivity contribution in [3.8, 4) is 16.9 Å². The van der Waals surface area contributed by atoms with Crippen molar-refractivity contribution in [1.82, 2.24) is 20.4 Å². The van der Waals surface area contributed by atoms with E-state index in [0.717, 1.165) is 17.5 Å². The molecule has 0 radical (unpaired) electrons. The molecular weight excluding hydrogens is 383 g/mol. The van der Waals surface area contributed by atoms with Gasteiger partial charge in [-0.25, -0.2) is 9.07 Å². The lowest BCUT2D eigenvalue weighted by Gasteiger charge is -2.13. The maximum absolute atomic E-state index is 13.3. The Morgan fingerprint density at radius 2 is 1.77 bits per heavy atom. The van der Waals surface area contributed by atoms with Gasteiger partial charge in [-0.1, -0.05) is 36.8 Å². The van der Waals surface area contributed by atoms with Gasteiger partial charge in [0.15, 0.2) is 0 Å². The molecule has 1 atom stereocenters. The van der Waals surface area contributed by atoms with Crippen LogP contribution < -0.4 is 10.6 Å². The number of amides is 2. The average Bonchev–Trinajstić information content (AvgIpc) is 3.18. The quantitative estimate of drug-likeness (QED) is 0.627. The number of hydrogen-bond acceptors (Lipinski definition) is 3. The minimum atomic E-state index is -0.691. The van der Waals surface area contributed by atoms with Crippen LogP contribution >= 0.6 is 0 Å². The number of benzene rings is 2. The van der Waals surface area contributed by atoms with E-state index in [9.17, 15) is 14.0 Å². The number of carbonyl (C=O) groups excluding carboxylic acids is 2. The van der Waals surface area contributed by atoms with E-state index in [1.807, 2.05) is 38.1 Å². The van der Waals surface area contributed by atoms with Crippen molar-refractivity contribution in [2.24, 2.45) is 0 Å². The summed E-state index contributed by atoms with van der Waals surface area (Å²) in [5.74, 6) is -0.999. The monoisotopic (exact) mass is 408 g/mol. The van der Waals surface area contributed by atoms with Crippen LogP contribution in [-0.2, 0) is 4.79 Å². The summed E-state index contributed by atoms with van der Waals surface area (Å²) in [5.41, 5.74) is 3.30. The molecule has 1 heterocycles. The highest BCUT2D eigenvalue weighted by Crippen LogP contribution is 2.24. The first kappa shape index (κ1) is 21.2. The van der Waals surface area contributed by atoms with Gasteiger partial charge in [0.1, 0.15) is 17.6 Å². The normalized spacial score (nSPS) is 11.7. The van der Waals surface area contributed by atoms with Gasteiger partial charge in [-0.05, 0) is 44.5 Å². The number of aromatic nitrogens is 2. The number of carbonyl (C=O) groups is 2. The molecule has 6 nitrogen and oxygen atoms in total. The van der Waals surface area contributed by atoms with E-state index in [-0.39, 0.29) is 11.7 Å². The Morgan fingerprint density at radius 3 is 2.40 bits per heavy atom. The van der Waals surface area contributed by atoms with Crippen molar-refractivity contribution in [2.45, 2.75) is 33.2 Å². The first-order valence-electron chi connectivity index (χ1n) is 9.90. The van der Waals surface area contributed by atoms with E-state index >= 15 is 0 Å². The van der Waals surface area contributed by atoms with Crippen LogP contribution in [0.2, 0.25) is 0 Å². The Morgan fingerprint density at radius 1 is 1.10 bits per heavy atom. The molecule has 1 aromatic heterocycles. The highest BCUT2D eigenvalue weighted by molar-refractivity contribution is 6.02. The SMILES string of the molecule is CCCNC(=O)[C@H](C)NC(=O)c1cn(-c2ccc(F)cc2)nc1-c1ccc(C)cc1. The number of nitrogens with zero attached hydrogens (tertiary/aromatic N) is 2. The zero-order valence-electron chi connectivity index (χ0n) is 17.3. The van der Waals surface area contributed by atoms with Gasteiger partial charge in [0.2, 0.25) is 5.91 Å². The Balaban J connectivity index is 1.94. The Bertz CT molecular complexity index is 1030. The maximum atomic E-state index is 13.3. The van der Waals surface area contributed by atoms with Crippen molar-refractivity contribution in [3.05, 3.63) is 71.7 Å². The van der Waals surface area contributed by atoms with E-state index in [1.165, 1.54) is 16.8 Å². The number of nitrogens with one attached hydrogen (secondary N) is 2.